The molecule has 126 valence electrons. The van der Waals surface area contributed by atoms with Crippen LogP contribution >= 0.6 is 24.8 Å². The number of nitrogens with one attached hydrogen (secondary N) is 2. The van der Waals surface area contributed by atoms with Gasteiger partial charge in [0.15, 0.2) is 0 Å². The van der Waals surface area contributed by atoms with E-state index in [-0.39, 0.29) is 30.7 Å². The summed E-state index contributed by atoms with van der Waals surface area (Å²) < 4.78 is 5.33. The summed E-state index contributed by atoms with van der Waals surface area (Å²) in [4.78, 5) is 14.0. The summed E-state index contributed by atoms with van der Waals surface area (Å²) >= 11 is 0. The third-order valence-corrected chi connectivity index (χ3v) is 3.74. The average molecular weight is 342 g/mol. The number of halogens is 2. The van der Waals surface area contributed by atoms with Crippen molar-refractivity contribution >= 4 is 30.7 Å². The number of morpholine rings is 1. The van der Waals surface area contributed by atoms with Crippen LogP contribution in [0.2, 0.25) is 0 Å². The van der Waals surface area contributed by atoms with Crippen molar-refractivity contribution < 1.29 is 9.53 Å². The number of nitrogens with zero attached hydrogens (tertiary/aromatic N) is 1. The van der Waals surface area contributed by atoms with E-state index in [0.717, 1.165) is 51.9 Å². The summed E-state index contributed by atoms with van der Waals surface area (Å²) in [6.45, 7) is 9.15. The minimum Gasteiger partial charge on any atom is -0.379 e. The lowest BCUT2D eigenvalue weighted by molar-refractivity contribution is -0.120. The van der Waals surface area contributed by atoms with E-state index >= 15 is 0 Å². The van der Waals surface area contributed by atoms with Gasteiger partial charge in [0.2, 0.25) is 5.91 Å². The lowest BCUT2D eigenvalue weighted by Crippen LogP contribution is -2.42. The van der Waals surface area contributed by atoms with E-state index in [1.165, 1.54) is 12.8 Å². The van der Waals surface area contributed by atoms with Gasteiger partial charge >= 0.3 is 0 Å². The van der Waals surface area contributed by atoms with Crippen LogP contribution in [-0.2, 0) is 9.53 Å². The van der Waals surface area contributed by atoms with Crippen molar-refractivity contribution in [3.05, 3.63) is 0 Å². The van der Waals surface area contributed by atoms with E-state index < -0.39 is 0 Å². The van der Waals surface area contributed by atoms with Gasteiger partial charge in [0, 0.05) is 26.2 Å². The third-order valence-electron chi connectivity index (χ3n) is 3.74. The Morgan fingerprint density at radius 3 is 2.57 bits per heavy atom. The molecule has 1 saturated heterocycles. The van der Waals surface area contributed by atoms with Crippen molar-refractivity contribution in [3.8, 4) is 0 Å². The summed E-state index contributed by atoms with van der Waals surface area (Å²) in [5.41, 5.74) is 0. The number of carbonyl (C=O) groups excluding carboxylic acids is 1. The van der Waals surface area contributed by atoms with Gasteiger partial charge < -0.3 is 15.4 Å². The Balaban J connectivity index is 0.00000200. The smallest absolute Gasteiger partial charge is 0.233 e. The topological polar surface area (TPSA) is 53.6 Å². The Labute approximate surface area is 140 Å². The van der Waals surface area contributed by atoms with Gasteiger partial charge in [-0.25, -0.2) is 0 Å². The van der Waals surface area contributed by atoms with Crippen molar-refractivity contribution in [2.45, 2.75) is 19.8 Å². The van der Waals surface area contributed by atoms with Gasteiger partial charge in [0.1, 0.15) is 0 Å². The fraction of sp³-hybridized carbons (Fsp3) is 0.929. The summed E-state index contributed by atoms with van der Waals surface area (Å²) in [6, 6.07) is 0. The molecule has 2 aliphatic rings. The van der Waals surface area contributed by atoms with Gasteiger partial charge in [-0.15, -0.1) is 24.8 Å². The van der Waals surface area contributed by atoms with E-state index in [1.807, 2.05) is 0 Å². The van der Waals surface area contributed by atoms with Crippen LogP contribution < -0.4 is 10.6 Å². The maximum Gasteiger partial charge on any atom is 0.233 e. The van der Waals surface area contributed by atoms with Gasteiger partial charge in [0.25, 0.3) is 0 Å². The fourth-order valence-electron chi connectivity index (χ4n) is 2.35. The van der Waals surface area contributed by atoms with Crippen LogP contribution in [0.5, 0.6) is 0 Å². The second-order valence-corrected chi connectivity index (χ2v) is 5.90. The highest BCUT2D eigenvalue weighted by atomic mass is 35.5. The van der Waals surface area contributed by atoms with Crippen LogP contribution in [0.15, 0.2) is 0 Å². The van der Waals surface area contributed by atoms with Crippen molar-refractivity contribution in [2.24, 2.45) is 11.8 Å². The number of hydrogen-bond donors (Lipinski definition) is 2. The monoisotopic (exact) mass is 341 g/mol. The largest absolute Gasteiger partial charge is 0.379 e. The molecule has 2 fully saturated rings. The molecule has 0 radical (unpaired) electrons. The molecule has 21 heavy (non-hydrogen) atoms. The number of carbonyl (C=O) groups is 1. The molecule has 2 N–H and O–H groups in total. The van der Waals surface area contributed by atoms with Crippen molar-refractivity contribution in [1.29, 1.82) is 0 Å². The Morgan fingerprint density at radius 1 is 1.29 bits per heavy atom. The lowest BCUT2D eigenvalue weighted by Gasteiger charge is -2.29. The first-order chi connectivity index (χ1) is 9.24. The highest BCUT2D eigenvalue weighted by molar-refractivity contribution is 5.85. The van der Waals surface area contributed by atoms with E-state index in [1.54, 1.807) is 0 Å². The molecule has 0 spiro atoms. The Hall–Kier alpha value is -0.0700. The van der Waals surface area contributed by atoms with E-state index in [9.17, 15) is 4.79 Å². The average Bonchev–Trinajstić information content (AvgIpc) is 3.22. The van der Waals surface area contributed by atoms with Crippen molar-refractivity contribution in [1.82, 2.24) is 15.5 Å². The second kappa shape index (κ2) is 11.5. The maximum atomic E-state index is 11.6. The van der Waals surface area contributed by atoms with Crippen LogP contribution in [0, 0.1) is 11.8 Å². The molecule has 1 atom stereocenters. The van der Waals surface area contributed by atoms with Gasteiger partial charge in [-0.3, -0.25) is 9.69 Å². The number of hydrogen-bond acceptors (Lipinski definition) is 4. The lowest BCUT2D eigenvalue weighted by atomic mass is 10.1. The molecule has 0 aromatic heterocycles. The molecule has 1 aliphatic carbocycles. The van der Waals surface area contributed by atoms with Crippen LogP contribution in [0.25, 0.3) is 0 Å². The number of ether oxygens (including phenoxy) is 1. The molecule has 5 nitrogen and oxygen atoms in total. The Bertz CT molecular complexity index is 285. The summed E-state index contributed by atoms with van der Waals surface area (Å²) in [5, 5.41) is 6.22. The minimum atomic E-state index is 0. The maximum absolute atomic E-state index is 11.6. The van der Waals surface area contributed by atoms with Crippen LogP contribution in [0.3, 0.4) is 0 Å². The molecule has 0 aromatic carbocycles. The highest BCUT2D eigenvalue weighted by Gasteiger charge is 2.20. The predicted molar refractivity (Wildman–Crippen MR) is 89.5 cm³/mol. The molecular weight excluding hydrogens is 313 g/mol. The van der Waals surface area contributed by atoms with Gasteiger partial charge in [0.05, 0.1) is 19.8 Å². The molecule has 7 heteroatoms. The van der Waals surface area contributed by atoms with Crippen LogP contribution in [-0.4, -0.2) is 63.3 Å². The fourth-order valence-corrected chi connectivity index (χ4v) is 2.35. The van der Waals surface area contributed by atoms with Crippen LogP contribution in [0.1, 0.15) is 19.8 Å². The van der Waals surface area contributed by atoms with Crippen molar-refractivity contribution in [3.63, 3.8) is 0 Å². The molecule has 1 saturated carbocycles. The quantitative estimate of drug-likeness (QED) is 0.689. The Kier molecular flexibility index (Phi) is 11.5. The van der Waals surface area contributed by atoms with Gasteiger partial charge in [-0.1, -0.05) is 6.92 Å². The SMILES string of the molecule is CC(CNC(=O)CNCC1CC1)CN1CCOCC1.Cl.Cl. The zero-order valence-corrected chi connectivity index (χ0v) is 14.4. The first kappa shape index (κ1) is 20.9. The highest BCUT2D eigenvalue weighted by Crippen LogP contribution is 2.27. The van der Waals surface area contributed by atoms with E-state index in [4.69, 9.17) is 4.74 Å². The zero-order chi connectivity index (χ0) is 13.5. The number of amides is 1. The standard InChI is InChI=1S/C14H27N3O2.2ClH/c1-12(11-17-4-6-19-7-5-17)8-16-14(18)10-15-9-13-2-3-13;;/h12-13,15H,2-11H2,1H3,(H,16,18);2*1H. The van der Waals surface area contributed by atoms with Gasteiger partial charge in [-0.2, -0.15) is 0 Å². The molecule has 1 unspecified atom stereocenters. The first-order valence-electron chi connectivity index (χ1n) is 7.51. The molecule has 1 heterocycles. The minimum absolute atomic E-state index is 0. The second-order valence-electron chi connectivity index (χ2n) is 5.90. The molecule has 1 aliphatic heterocycles. The normalized spacial score (nSPS) is 20.0. The van der Waals surface area contributed by atoms with E-state index in [2.05, 4.69) is 22.5 Å². The summed E-state index contributed by atoms with van der Waals surface area (Å²) in [6.07, 6.45) is 2.65. The van der Waals surface area contributed by atoms with E-state index in [0.29, 0.717) is 12.5 Å². The van der Waals surface area contributed by atoms with Gasteiger partial charge in [-0.05, 0) is 31.2 Å². The zero-order valence-electron chi connectivity index (χ0n) is 12.8. The molecule has 1 amide bonds. The molecule has 0 bridgehead atoms. The van der Waals surface area contributed by atoms with Crippen molar-refractivity contribution in [2.75, 3.05) is 52.5 Å². The van der Waals surface area contributed by atoms with Crippen LogP contribution in [0.4, 0.5) is 0 Å². The molecular formula is C14H29Cl2N3O2. The number of rotatable bonds is 8. The predicted octanol–water partition coefficient (Wildman–Crippen LogP) is 0.914. The summed E-state index contributed by atoms with van der Waals surface area (Å²) in [7, 11) is 0. The molecule has 2 rings (SSSR count). The first-order valence-corrected chi connectivity index (χ1v) is 7.51. The third kappa shape index (κ3) is 9.53. The molecule has 0 aromatic rings. The Morgan fingerprint density at radius 2 is 1.95 bits per heavy atom. The summed E-state index contributed by atoms with van der Waals surface area (Å²) in [5.74, 6) is 1.44.